The predicted octanol–water partition coefficient (Wildman–Crippen LogP) is 5.20. The van der Waals surface area contributed by atoms with Crippen molar-refractivity contribution < 1.29 is 4.74 Å². The molecule has 7 heteroatoms. The Kier molecular flexibility index (Phi) is 10.6. The second-order valence-corrected chi connectivity index (χ2v) is 7.73. The summed E-state index contributed by atoms with van der Waals surface area (Å²) >= 11 is 1.79. The van der Waals surface area contributed by atoms with E-state index in [0.29, 0.717) is 19.1 Å². The van der Waals surface area contributed by atoms with Crippen LogP contribution in [0.5, 0.6) is 5.75 Å². The van der Waals surface area contributed by atoms with E-state index in [2.05, 4.69) is 59.1 Å². The Morgan fingerprint density at radius 3 is 2.60 bits per heavy atom. The summed E-state index contributed by atoms with van der Waals surface area (Å²) in [7, 11) is 0. The van der Waals surface area contributed by atoms with E-state index in [9.17, 15) is 0 Å². The van der Waals surface area contributed by atoms with Gasteiger partial charge in [0.15, 0.2) is 5.96 Å². The monoisotopic (exact) mass is 536 g/mol. The molecule has 160 valence electrons. The van der Waals surface area contributed by atoms with E-state index in [1.54, 1.807) is 17.5 Å². The Bertz CT molecular complexity index is 870. The molecule has 2 aromatic heterocycles. The zero-order chi connectivity index (χ0) is 20.3. The Morgan fingerprint density at radius 2 is 1.93 bits per heavy atom. The van der Waals surface area contributed by atoms with Crippen LogP contribution in [0, 0.1) is 0 Å². The first-order valence-electron chi connectivity index (χ1n) is 9.92. The van der Waals surface area contributed by atoms with Crippen LogP contribution in [0.15, 0.2) is 71.2 Å². The van der Waals surface area contributed by atoms with Gasteiger partial charge in [-0.05, 0) is 48.2 Å². The molecule has 0 bridgehead atoms. The summed E-state index contributed by atoms with van der Waals surface area (Å²) in [6.07, 6.45) is 1.77. The molecule has 0 spiro atoms. The van der Waals surface area contributed by atoms with E-state index in [-0.39, 0.29) is 24.0 Å². The number of hydrogen-bond acceptors (Lipinski definition) is 4. The second kappa shape index (κ2) is 13.2. The summed E-state index contributed by atoms with van der Waals surface area (Å²) < 4.78 is 5.79. The smallest absolute Gasteiger partial charge is 0.191 e. The average molecular weight is 536 g/mol. The molecular weight excluding hydrogens is 507 g/mol. The molecule has 0 aliphatic heterocycles. The van der Waals surface area contributed by atoms with E-state index in [1.807, 2.05) is 30.3 Å². The highest BCUT2D eigenvalue weighted by molar-refractivity contribution is 14.0. The van der Waals surface area contributed by atoms with Crippen LogP contribution in [-0.4, -0.2) is 24.0 Å². The third kappa shape index (κ3) is 7.95. The minimum absolute atomic E-state index is 0. The normalized spacial score (nSPS) is 12.0. The van der Waals surface area contributed by atoms with Crippen LogP contribution < -0.4 is 15.4 Å². The molecule has 2 heterocycles. The number of rotatable bonds is 9. The van der Waals surface area contributed by atoms with Gasteiger partial charge in [-0.15, -0.1) is 35.3 Å². The molecule has 0 saturated carbocycles. The number of pyridine rings is 1. The molecule has 0 aliphatic rings. The quantitative estimate of drug-likeness (QED) is 0.224. The Hall–Kier alpha value is -2.13. The highest BCUT2D eigenvalue weighted by atomic mass is 127. The first-order valence-corrected chi connectivity index (χ1v) is 10.8. The molecule has 0 saturated heterocycles. The van der Waals surface area contributed by atoms with Crippen molar-refractivity contribution in [3.8, 4) is 5.75 Å². The van der Waals surface area contributed by atoms with Crippen LogP contribution >= 0.6 is 35.3 Å². The predicted molar refractivity (Wildman–Crippen MR) is 136 cm³/mol. The van der Waals surface area contributed by atoms with E-state index in [1.165, 1.54) is 4.88 Å². The molecule has 1 aromatic carbocycles. The number of thiophene rings is 1. The number of aliphatic imine (C=N–C) groups is 1. The van der Waals surface area contributed by atoms with Gasteiger partial charge in [-0.25, -0.2) is 4.99 Å². The second-order valence-electron chi connectivity index (χ2n) is 6.75. The van der Waals surface area contributed by atoms with Gasteiger partial charge in [-0.3, -0.25) is 4.98 Å². The van der Waals surface area contributed by atoms with Crippen molar-refractivity contribution in [2.45, 2.75) is 32.9 Å². The molecule has 0 fully saturated rings. The average Bonchev–Trinajstić information content (AvgIpc) is 3.30. The van der Waals surface area contributed by atoms with Crippen molar-refractivity contribution in [1.82, 2.24) is 15.6 Å². The van der Waals surface area contributed by atoms with Crippen molar-refractivity contribution in [2.24, 2.45) is 4.99 Å². The molecule has 1 unspecified atom stereocenters. The summed E-state index contributed by atoms with van der Waals surface area (Å²) in [5.74, 6) is 2.12. The maximum absolute atomic E-state index is 5.79. The Labute approximate surface area is 200 Å². The highest BCUT2D eigenvalue weighted by Crippen LogP contribution is 2.19. The summed E-state index contributed by atoms with van der Waals surface area (Å²) in [6, 6.07) is 18.2. The molecule has 5 nitrogen and oxygen atoms in total. The molecule has 1 atom stereocenters. The molecule has 3 rings (SSSR count). The first-order chi connectivity index (χ1) is 14.2. The minimum Gasteiger partial charge on any atom is -0.487 e. The third-order valence-corrected chi connectivity index (χ3v) is 5.51. The van der Waals surface area contributed by atoms with Crippen molar-refractivity contribution in [3.05, 3.63) is 82.3 Å². The maximum atomic E-state index is 5.79. The van der Waals surface area contributed by atoms with E-state index < -0.39 is 0 Å². The topological polar surface area (TPSA) is 58.5 Å². The van der Waals surface area contributed by atoms with Crippen LogP contribution in [0.25, 0.3) is 0 Å². The lowest BCUT2D eigenvalue weighted by Gasteiger charge is -2.15. The zero-order valence-electron chi connectivity index (χ0n) is 17.4. The van der Waals surface area contributed by atoms with Gasteiger partial charge in [0.05, 0.1) is 12.2 Å². The van der Waals surface area contributed by atoms with Crippen LogP contribution in [0.2, 0.25) is 0 Å². The molecule has 3 aromatic rings. The summed E-state index contributed by atoms with van der Waals surface area (Å²) in [5.41, 5.74) is 2.05. The molecular formula is C23H29IN4OS. The first kappa shape index (κ1) is 24.1. The van der Waals surface area contributed by atoms with Crippen molar-refractivity contribution in [2.75, 3.05) is 13.1 Å². The van der Waals surface area contributed by atoms with Gasteiger partial charge in [0.2, 0.25) is 0 Å². The number of nitrogens with one attached hydrogen (secondary N) is 2. The van der Waals surface area contributed by atoms with Crippen LogP contribution in [0.4, 0.5) is 0 Å². The lowest BCUT2D eigenvalue weighted by atomic mass is 10.1. The van der Waals surface area contributed by atoms with E-state index >= 15 is 0 Å². The maximum Gasteiger partial charge on any atom is 0.191 e. The van der Waals surface area contributed by atoms with Gasteiger partial charge in [0.25, 0.3) is 0 Å². The zero-order valence-corrected chi connectivity index (χ0v) is 20.5. The van der Waals surface area contributed by atoms with Crippen LogP contribution in [-0.2, 0) is 13.2 Å². The van der Waals surface area contributed by atoms with Gasteiger partial charge in [0, 0.05) is 30.1 Å². The van der Waals surface area contributed by atoms with Gasteiger partial charge >= 0.3 is 0 Å². The fourth-order valence-electron chi connectivity index (χ4n) is 2.77. The summed E-state index contributed by atoms with van der Waals surface area (Å²) in [5, 5.41) is 8.88. The minimum atomic E-state index is 0. The Morgan fingerprint density at radius 1 is 1.10 bits per heavy atom. The van der Waals surface area contributed by atoms with Crippen molar-refractivity contribution in [3.63, 3.8) is 0 Å². The summed E-state index contributed by atoms with van der Waals surface area (Å²) in [6.45, 7) is 7.07. The lowest BCUT2D eigenvalue weighted by Crippen LogP contribution is -2.39. The van der Waals surface area contributed by atoms with Gasteiger partial charge in [-0.2, -0.15) is 0 Å². The fourth-order valence-corrected chi connectivity index (χ4v) is 3.55. The number of ether oxygens (including phenoxy) is 1. The molecule has 0 radical (unpaired) electrons. The number of hydrogen-bond donors (Lipinski definition) is 2. The summed E-state index contributed by atoms with van der Waals surface area (Å²) in [4.78, 5) is 10.4. The lowest BCUT2D eigenvalue weighted by molar-refractivity contribution is 0.301. The SMILES string of the molecule is CCNC(=NCc1ccc(OCc2ccccn2)cc1)NCC(C)c1cccs1.I. The van der Waals surface area contributed by atoms with Gasteiger partial charge in [0.1, 0.15) is 12.4 Å². The number of guanidine groups is 1. The Balaban J connectivity index is 0.00000320. The van der Waals surface area contributed by atoms with Crippen LogP contribution in [0.1, 0.15) is 35.9 Å². The largest absolute Gasteiger partial charge is 0.487 e. The van der Waals surface area contributed by atoms with Crippen molar-refractivity contribution in [1.29, 1.82) is 0 Å². The van der Waals surface area contributed by atoms with Crippen molar-refractivity contribution >= 4 is 41.3 Å². The van der Waals surface area contributed by atoms with Gasteiger partial charge < -0.3 is 15.4 Å². The van der Waals surface area contributed by atoms with Crippen LogP contribution in [0.3, 0.4) is 0 Å². The molecule has 0 amide bonds. The third-order valence-electron chi connectivity index (χ3n) is 4.40. The highest BCUT2D eigenvalue weighted by Gasteiger charge is 2.07. The number of benzene rings is 1. The fraction of sp³-hybridized carbons (Fsp3) is 0.304. The molecule has 0 aliphatic carbocycles. The van der Waals surface area contributed by atoms with E-state index in [0.717, 1.165) is 36.1 Å². The molecule has 2 N–H and O–H groups in total. The van der Waals surface area contributed by atoms with Gasteiger partial charge in [-0.1, -0.05) is 31.2 Å². The number of halogens is 1. The molecule has 30 heavy (non-hydrogen) atoms. The van der Waals surface area contributed by atoms with E-state index in [4.69, 9.17) is 9.73 Å². The standard InChI is InChI=1S/C23H28N4OS.HI/c1-3-24-23(26-15-18(2)22-8-6-14-29-22)27-16-19-9-11-21(12-10-19)28-17-20-7-4-5-13-25-20;/h4-14,18H,3,15-17H2,1-2H3,(H2,24,26,27);1H. The number of aromatic nitrogens is 1. The number of nitrogens with zero attached hydrogens (tertiary/aromatic N) is 2.